The topological polar surface area (TPSA) is 56.7 Å². The van der Waals surface area contributed by atoms with Crippen LogP contribution >= 0.6 is 15.9 Å². The van der Waals surface area contributed by atoms with Crippen molar-refractivity contribution < 1.29 is 9.90 Å². The Balaban J connectivity index is 2.12. The van der Waals surface area contributed by atoms with Crippen LogP contribution in [0, 0.1) is 0 Å². The van der Waals surface area contributed by atoms with Gasteiger partial charge in [-0.05, 0) is 19.1 Å². The van der Waals surface area contributed by atoms with Gasteiger partial charge in [0.2, 0.25) is 0 Å². The number of amides is 1. The van der Waals surface area contributed by atoms with Gasteiger partial charge in [0.25, 0.3) is 0 Å². The molecule has 5 nitrogen and oxygen atoms in total. The number of carboxylic acid groups (broad SMARTS) is 1. The van der Waals surface area contributed by atoms with Gasteiger partial charge in [0.15, 0.2) is 0 Å². The van der Waals surface area contributed by atoms with Crippen LogP contribution in [0.1, 0.15) is 6.92 Å². The number of aromatic nitrogens is 1. The van der Waals surface area contributed by atoms with Crippen molar-refractivity contribution >= 4 is 27.8 Å². The fourth-order valence-corrected chi connectivity index (χ4v) is 2.35. The molecule has 1 aromatic heterocycles. The lowest BCUT2D eigenvalue weighted by Crippen LogP contribution is -2.53. The Hall–Kier alpha value is -1.30. The van der Waals surface area contributed by atoms with E-state index in [1.807, 2.05) is 19.1 Å². The lowest BCUT2D eigenvalue weighted by atomic mass is 10.2. The Kier molecular flexibility index (Phi) is 3.51. The minimum atomic E-state index is -0.848. The smallest absolute Gasteiger partial charge is 0.407 e. The predicted octanol–water partition coefficient (Wildman–Crippen LogP) is 2.03. The molecule has 17 heavy (non-hydrogen) atoms. The molecule has 1 atom stereocenters. The minimum absolute atomic E-state index is 0.140. The Morgan fingerprint density at radius 3 is 2.94 bits per heavy atom. The van der Waals surface area contributed by atoms with E-state index in [-0.39, 0.29) is 6.04 Å². The maximum Gasteiger partial charge on any atom is 0.407 e. The van der Waals surface area contributed by atoms with Crippen molar-refractivity contribution in [1.29, 1.82) is 0 Å². The number of nitrogens with zero attached hydrogens (tertiary/aromatic N) is 3. The molecule has 0 saturated carbocycles. The van der Waals surface area contributed by atoms with Crippen molar-refractivity contribution in [2.24, 2.45) is 0 Å². The van der Waals surface area contributed by atoms with Gasteiger partial charge in [-0.3, -0.25) is 0 Å². The lowest BCUT2D eigenvalue weighted by Gasteiger charge is -2.39. The molecule has 1 aromatic rings. The molecule has 0 aromatic carbocycles. The summed E-state index contributed by atoms with van der Waals surface area (Å²) >= 11 is 3.41. The molecule has 6 heteroatoms. The molecule has 1 aliphatic heterocycles. The molecule has 92 valence electrons. The molecular formula is C11H14BrN3O2. The van der Waals surface area contributed by atoms with Crippen molar-refractivity contribution in [2.45, 2.75) is 13.0 Å². The molecule has 2 rings (SSSR count). The van der Waals surface area contributed by atoms with E-state index in [1.54, 1.807) is 6.20 Å². The van der Waals surface area contributed by atoms with E-state index < -0.39 is 6.09 Å². The fraction of sp³-hybridized carbons (Fsp3) is 0.455. The zero-order valence-corrected chi connectivity index (χ0v) is 11.1. The number of pyridine rings is 1. The van der Waals surface area contributed by atoms with Crippen molar-refractivity contribution in [3.63, 3.8) is 0 Å². The second-order valence-corrected chi connectivity index (χ2v) is 5.02. The first-order valence-corrected chi connectivity index (χ1v) is 6.23. The largest absolute Gasteiger partial charge is 0.465 e. The molecule has 1 N–H and O–H groups in total. The Bertz CT molecular complexity index is 427. The van der Waals surface area contributed by atoms with Gasteiger partial charge in [-0.25, -0.2) is 9.78 Å². The molecule has 0 bridgehead atoms. The third kappa shape index (κ3) is 2.69. The average Bonchev–Trinajstić information content (AvgIpc) is 2.28. The molecule has 1 saturated heterocycles. The van der Waals surface area contributed by atoms with Crippen LogP contribution in [0.3, 0.4) is 0 Å². The predicted molar refractivity (Wildman–Crippen MR) is 68.3 cm³/mol. The highest BCUT2D eigenvalue weighted by Crippen LogP contribution is 2.21. The van der Waals surface area contributed by atoms with Gasteiger partial charge in [0, 0.05) is 36.3 Å². The van der Waals surface area contributed by atoms with Gasteiger partial charge in [-0.1, -0.05) is 15.9 Å². The number of rotatable bonds is 1. The first kappa shape index (κ1) is 12.2. The van der Waals surface area contributed by atoms with Crippen molar-refractivity contribution in [2.75, 3.05) is 24.5 Å². The number of carbonyl (C=O) groups is 1. The maximum atomic E-state index is 10.9. The van der Waals surface area contributed by atoms with Crippen LogP contribution in [0.5, 0.6) is 0 Å². The second kappa shape index (κ2) is 4.91. The maximum absolute atomic E-state index is 10.9. The number of piperazine rings is 1. The normalized spacial score (nSPS) is 20.5. The van der Waals surface area contributed by atoms with Crippen LogP contribution in [0.2, 0.25) is 0 Å². The number of hydrogen-bond donors (Lipinski definition) is 1. The van der Waals surface area contributed by atoms with Gasteiger partial charge in [-0.2, -0.15) is 0 Å². The highest BCUT2D eigenvalue weighted by atomic mass is 79.9. The number of halogens is 1. The summed E-state index contributed by atoms with van der Waals surface area (Å²) in [6.07, 6.45) is 0.897. The highest BCUT2D eigenvalue weighted by molar-refractivity contribution is 9.10. The molecule has 0 spiro atoms. The van der Waals surface area contributed by atoms with Crippen molar-refractivity contribution in [3.05, 3.63) is 22.8 Å². The molecule has 1 aliphatic rings. The summed E-state index contributed by atoms with van der Waals surface area (Å²) in [6.45, 7) is 3.73. The van der Waals surface area contributed by atoms with Gasteiger partial charge >= 0.3 is 6.09 Å². The summed E-state index contributed by atoms with van der Waals surface area (Å²) in [5.74, 6) is 0.886. The zero-order chi connectivity index (χ0) is 12.4. The van der Waals surface area contributed by atoms with Crippen LogP contribution in [0.15, 0.2) is 22.8 Å². The van der Waals surface area contributed by atoms with Crippen molar-refractivity contribution in [1.82, 2.24) is 9.88 Å². The van der Waals surface area contributed by atoms with Gasteiger partial charge in [0.05, 0.1) is 0 Å². The Morgan fingerprint density at radius 1 is 1.59 bits per heavy atom. The van der Waals surface area contributed by atoms with Crippen LogP contribution in [0.4, 0.5) is 10.6 Å². The first-order chi connectivity index (χ1) is 8.08. The Morgan fingerprint density at radius 2 is 2.35 bits per heavy atom. The van der Waals surface area contributed by atoms with E-state index in [2.05, 4.69) is 25.8 Å². The fourth-order valence-electron chi connectivity index (χ4n) is 2.02. The van der Waals surface area contributed by atoms with Gasteiger partial charge in [-0.15, -0.1) is 0 Å². The van der Waals surface area contributed by atoms with E-state index in [4.69, 9.17) is 5.11 Å². The molecule has 0 unspecified atom stereocenters. The van der Waals surface area contributed by atoms with Crippen LogP contribution in [0.25, 0.3) is 0 Å². The lowest BCUT2D eigenvalue weighted by molar-refractivity contribution is 0.136. The summed E-state index contributed by atoms with van der Waals surface area (Å²) in [4.78, 5) is 18.8. The molecule has 1 amide bonds. The van der Waals surface area contributed by atoms with Crippen LogP contribution < -0.4 is 4.90 Å². The summed E-state index contributed by atoms with van der Waals surface area (Å²) in [5.41, 5.74) is 0. The summed E-state index contributed by atoms with van der Waals surface area (Å²) in [6, 6.07) is 3.97. The number of anilines is 1. The second-order valence-electron chi connectivity index (χ2n) is 4.10. The van der Waals surface area contributed by atoms with E-state index in [1.165, 1.54) is 4.90 Å². The highest BCUT2D eigenvalue weighted by Gasteiger charge is 2.27. The third-order valence-corrected chi connectivity index (χ3v) is 3.39. The molecule has 2 heterocycles. The van der Waals surface area contributed by atoms with E-state index in [0.29, 0.717) is 19.6 Å². The zero-order valence-electron chi connectivity index (χ0n) is 9.51. The van der Waals surface area contributed by atoms with Gasteiger partial charge in [0.1, 0.15) is 5.82 Å². The summed E-state index contributed by atoms with van der Waals surface area (Å²) < 4.78 is 0.982. The molecule has 1 fully saturated rings. The average molecular weight is 300 g/mol. The van der Waals surface area contributed by atoms with Crippen LogP contribution in [-0.2, 0) is 0 Å². The quantitative estimate of drug-likeness (QED) is 0.862. The molecular weight excluding hydrogens is 286 g/mol. The van der Waals surface area contributed by atoms with E-state index in [0.717, 1.165) is 10.3 Å². The van der Waals surface area contributed by atoms with E-state index >= 15 is 0 Å². The number of hydrogen-bond acceptors (Lipinski definition) is 3. The molecule has 0 aliphatic carbocycles. The van der Waals surface area contributed by atoms with Gasteiger partial charge < -0.3 is 14.9 Å². The summed E-state index contributed by atoms with van der Waals surface area (Å²) in [5, 5.41) is 8.94. The third-order valence-electron chi connectivity index (χ3n) is 2.90. The molecule has 0 radical (unpaired) electrons. The SMILES string of the molecule is C[C@H]1CN(C(=O)O)CCN1c1cc(Br)ccn1. The Labute approximate surface area is 108 Å². The minimum Gasteiger partial charge on any atom is -0.465 e. The van der Waals surface area contributed by atoms with Crippen molar-refractivity contribution in [3.8, 4) is 0 Å². The van der Waals surface area contributed by atoms with Crippen LogP contribution in [-0.4, -0.2) is 46.8 Å². The van der Waals surface area contributed by atoms with E-state index in [9.17, 15) is 4.79 Å². The first-order valence-electron chi connectivity index (χ1n) is 5.44. The monoisotopic (exact) mass is 299 g/mol. The standard InChI is InChI=1S/C11H14BrN3O2/c1-8-7-14(11(16)17)4-5-15(8)10-6-9(12)2-3-13-10/h2-3,6,8H,4-5,7H2,1H3,(H,16,17)/t8-/m0/s1. The summed E-state index contributed by atoms with van der Waals surface area (Å²) in [7, 11) is 0.